The number of rotatable bonds is 6. The Morgan fingerprint density at radius 2 is 1.80 bits per heavy atom. The second kappa shape index (κ2) is 8.69. The van der Waals surface area contributed by atoms with Gasteiger partial charge in [0.25, 0.3) is 5.56 Å². The van der Waals surface area contributed by atoms with Crippen molar-refractivity contribution in [3.8, 4) is 23.1 Å². The molecule has 0 aliphatic heterocycles. The third kappa shape index (κ3) is 3.98. The van der Waals surface area contributed by atoms with Crippen LogP contribution in [0.15, 0.2) is 57.0 Å². The zero-order valence-electron chi connectivity index (χ0n) is 17.2. The summed E-state index contributed by atoms with van der Waals surface area (Å²) >= 11 is 0. The van der Waals surface area contributed by atoms with E-state index in [9.17, 15) is 14.7 Å². The molecule has 8 nitrogen and oxygen atoms in total. The normalized spacial score (nSPS) is 11.4. The summed E-state index contributed by atoms with van der Waals surface area (Å²) in [7, 11) is 3.04. The first-order valence-corrected chi connectivity index (χ1v) is 9.34. The van der Waals surface area contributed by atoms with E-state index < -0.39 is 17.1 Å². The Labute approximate surface area is 173 Å². The lowest BCUT2D eigenvalue weighted by molar-refractivity contribution is 0.404. The van der Waals surface area contributed by atoms with Gasteiger partial charge in [0.05, 0.1) is 25.6 Å². The molecule has 156 valence electrons. The molecule has 2 aromatic carbocycles. The van der Waals surface area contributed by atoms with Crippen molar-refractivity contribution in [2.45, 2.75) is 20.3 Å². The summed E-state index contributed by atoms with van der Waals surface area (Å²) in [5, 5.41) is 10.9. The lowest BCUT2D eigenvalue weighted by atomic mass is 10.1. The molecule has 0 bridgehead atoms. The number of aryl methyl sites for hydroxylation is 1. The van der Waals surface area contributed by atoms with Crippen LogP contribution in [0.4, 0.5) is 5.69 Å². The fourth-order valence-electron chi connectivity index (χ4n) is 3.06. The van der Waals surface area contributed by atoms with E-state index in [0.717, 1.165) is 10.1 Å². The highest BCUT2D eigenvalue weighted by molar-refractivity contribution is 6.03. The first kappa shape index (κ1) is 20.9. The molecule has 1 heterocycles. The molecule has 0 saturated carbocycles. The van der Waals surface area contributed by atoms with Gasteiger partial charge in [-0.3, -0.25) is 9.78 Å². The average molecular weight is 409 g/mol. The maximum Gasteiger partial charge on any atom is 0.335 e. The quantitative estimate of drug-likeness (QED) is 0.609. The molecular weight excluding hydrogens is 386 g/mol. The fourth-order valence-corrected chi connectivity index (χ4v) is 3.06. The van der Waals surface area contributed by atoms with Gasteiger partial charge in [-0.2, -0.15) is 0 Å². The van der Waals surface area contributed by atoms with Gasteiger partial charge in [0.1, 0.15) is 22.7 Å². The number of ether oxygens (including phenoxy) is 2. The van der Waals surface area contributed by atoms with Crippen LogP contribution < -0.4 is 20.7 Å². The Balaban J connectivity index is 2.25. The third-order valence-corrected chi connectivity index (χ3v) is 4.64. The molecule has 0 saturated heterocycles. The van der Waals surface area contributed by atoms with Crippen LogP contribution >= 0.6 is 0 Å². The summed E-state index contributed by atoms with van der Waals surface area (Å²) in [5.74, 6) is 0.562. The molecule has 3 aromatic rings. The van der Waals surface area contributed by atoms with Crippen LogP contribution in [0.1, 0.15) is 24.5 Å². The number of aliphatic imine (C=N–C) groups is 1. The maximum absolute atomic E-state index is 12.6. The monoisotopic (exact) mass is 409 g/mol. The van der Waals surface area contributed by atoms with Gasteiger partial charge in [-0.25, -0.2) is 14.4 Å². The van der Waals surface area contributed by atoms with Gasteiger partial charge in [-0.05, 0) is 37.6 Å². The van der Waals surface area contributed by atoms with Crippen molar-refractivity contribution >= 4 is 11.4 Å². The predicted octanol–water partition coefficient (Wildman–Crippen LogP) is 3.09. The highest BCUT2D eigenvalue weighted by Gasteiger charge is 2.20. The number of methoxy groups -OCH3 is 2. The number of aromatic nitrogens is 2. The van der Waals surface area contributed by atoms with Crippen LogP contribution in [0.25, 0.3) is 5.69 Å². The number of hydrogen-bond acceptors (Lipinski definition) is 6. The lowest BCUT2D eigenvalue weighted by Gasteiger charge is -2.13. The van der Waals surface area contributed by atoms with Crippen molar-refractivity contribution in [2.24, 2.45) is 4.99 Å². The summed E-state index contributed by atoms with van der Waals surface area (Å²) < 4.78 is 11.6. The predicted molar refractivity (Wildman–Crippen MR) is 115 cm³/mol. The van der Waals surface area contributed by atoms with E-state index in [4.69, 9.17) is 9.47 Å². The van der Waals surface area contributed by atoms with Crippen LogP contribution in [0, 0.1) is 6.92 Å². The standard InChI is InChI=1S/C22H23N3O5/c1-5-16(23-17-12-15(29-3)10-11-18(17)30-4)19-20(26)24-22(28)25(21(19)27)14-8-6-13(2)7-9-14/h6-12,27H,5H2,1-4H3,(H,24,26,28). The lowest BCUT2D eigenvalue weighted by Crippen LogP contribution is -2.33. The molecule has 30 heavy (non-hydrogen) atoms. The van der Waals surface area contributed by atoms with Crippen molar-refractivity contribution in [2.75, 3.05) is 14.2 Å². The third-order valence-electron chi connectivity index (χ3n) is 4.64. The second-order valence-electron chi connectivity index (χ2n) is 6.58. The summed E-state index contributed by atoms with van der Waals surface area (Å²) in [6.07, 6.45) is 0.323. The van der Waals surface area contributed by atoms with E-state index in [1.54, 1.807) is 37.3 Å². The van der Waals surface area contributed by atoms with Crippen molar-refractivity contribution in [3.05, 3.63) is 74.4 Å². The molecule has 3 rings (SSSR count). The van der Waals surface area contributed by atoms with Gasteiger partial charge in [0.2, 0.25) is 5.88 Å². The number of nitrogens with zero attached hydrogens (tertiary/aromatic N) is 2. The van der Waals surface area contributed by atoms with Gasteiger partial charge in [-0.1, -0.05) is 24.6 Å². The van der Waals surface area contributed by atoms with Crippen molar-refractivity contribution in [1.82, 2.24) is 9.55 Å². The Kier molecular flexibility index (Phi) is 6.06. The summed E-state index contributed by atoms with van der Waals surface area (Å²) in [4.78, 5) is 31.8. The average Bonchev–Trinajstić information content (AvgIpc) is 2.73. The van der Waals surface area contributed by atoms with Gasteiger partial charge >= 0.3 is 5.69 Å². The Bertz CT molecular complexity index is 1210. The Morgan fingerprint density at radius 1 is 1.10 bits per heavy atom. The number of aromatic hydroxyl groups is 1. The van der Waals surface area contributed by atoms with Crippen LogP contribution in [-0.2, 0) is 0 Å². The summed E-state index contributed by atoms with van der Waals surface area (Å²) in [6.45, 7) is 3.71. The fraction of sp³-hybridized carbons (Fsp3) is 0.227. The highest BCUT2D eigenvalue weighted by atomic mass is 16.5. The van der Waals surface area contributed by atoms with Crippen molar-refractivity contribution < 1.29 is 14.6 Å². The molecule has 0 amide bonds. The SMILES string of the molecule is CCC(=Nc1cc(OC)ccc1OC)c1c(O)n(-c2ccc(C)cc2)c(=O)[nH]c1=O. The van der Waals surface area contributed by atoms with Crippen molar-refractivity contribution in [1.29, 1.82) is 0 Å². The molecule has 1 aromatic heterocycles. The number of nitrogens with one attached hydrogen (secondary N) is 1. The highest BCUT2D eigenvalue weighted by Crippen LogP contribution is 2.32. The van der Waals surface area contributed by atoms with E-state index in [1.165, 1.54) is 14.2 Å². The van der Waals surface area contributed by atoms with Gasteiger partial charge in [0.15, 0.2) is 0 Å². The smallest absolute Gasteiger partial charge is 0.335 e. The first-order chi connectivity index (χ1) is 14.4. The van der Waals surface area contributed by atoms with Gasteiger partial charge < -0.3 is 14.6 Å². The molecule has 0 fully saturated rings. The van der Waals surface area contributed by atoms with E-state index >= 15 is 0 Å². The number of benzene rings is 2. The molecule has 8 heteroatoms. The van der Waals surface area contributed by atoms with E-state index in [0.29, 0.717) is 35.0 Å². The van der Waals surface area contributed by atoms with E-state index in [1.807, 2.05) is 19.1 Å². The maximum atomic E-state index is 12.6. The molecule has 0 unspecified atom stereocenters. The largest absolute Gasteiger partial charge is 0.497 e. The summed E-state index contributed by atoms with van der Waals surface area (Å²) in [5.41, 5.74) is 0.610. The topological polar surface area (TPSA) is 106 Å². The van der Waals surface area contributed by atoms with Crippen LogP contribution in [0.5, 0.6) is 17.4 Å². The molecule has 0 atom stereocenters. The number of H-pyrrole nitrogens is 1. The molecule has 2 N–H and O–H groups in total. The Morgan fingerprint density at radius 3 is 2.40 bits per heavy atom. The minimum Gasteiger partial charge on any atom is -0.497 e. The molecule has 0 radical (unpaired) electrons. The summed E-state index contributed by atoms with van der Waals surface area (Å²) in [6, 6.07) is 12.1. The number of aromatic amines is 1. The number of hydrogen-bond donors (Lipinski definition) is 2. The minimum absolute atomic E-state index is 0.0810. The molecule has 0 spiro atoms. The van der Waals surface area contributed by atoms with Gasteiger partial charge in [0, 0.05) is 6.07 Å². The molecule has 0 aliphatic carbocycles. The van der Waals surface area contributed by atoms with Gasteiger partial charge in [-0.15, -0.1) is 0 Å². The van der Waals surface area contributed by atoms with Crippen molar-refractivity contribution in [3.63, 3.8) is 0 Å². The second-order valence-corrected chi connectivity index (χ2v) is 6.58. The van der Waals surface area contributed by atoms with E-state index in [2.05, 4.69) is 9.98 Å². The molecular formula is C22H23N3O5. The first-order valence-electron chi connectivity index (χ1n) is 9.34. The van der Waals surface area contributed by atoms with Crippen LogP contribution in [-0.4, -0.2) is 34.6 Å². The zero-order valence-corrected chi connectivity index (χ0v) is 17.2. The zero-order chi connectivity index (χ0) is 21.8. The van der Waals surface area contributed by atoms with E-state index in [-0.39, 0.29) is 5.56 Å². The van der Waals surface area contributed by atoms with Crippen LogP contribution in [0.3, 0.4) is 0 Å². The molecule has 0 aliphatic rings. The van der Waals surface area contributed by atoms with Crippen LogP contribution in [0.2, 0.25) is 0 Å². The Hall–Kier alpha value is -3.81. The minimum atomic E-state index is -0.737.